The number of hydrogen-bond donors (Lipinski definition) is 1. The predicted octanol–water partition coefficient (Wildman–Crippen LogP) is 2.61. The Hall–Kier alpha value is -2.92. The lowest BCUT2D eigenvalue weighted by molar-refractivity contribution is 0.407. The van der Waals surface area contributed by atoms with E-state index in [4.69, 9.17) is 19.9 Å². The molecule has 0 aliphatic carbocycles. The Balaban J connectivity index is 2.02. The van der Waals surface area contributed by atoms with Crippen LogP contribution in [0.3, 0.4) is 0 Å². The van der Waals surface area contributed by atoms with Crippen molar-refractivity contribution in [1.82, 2.24) is 25.0 Å². The van der Waals surface area contributed by atoms with Crippen LogP contribution in [0.2, 0.25) is 0 Å². The lowest BCUT2D eigenvalue weighted by Gasteiger charge is -2.03. The molecule has 0 aliphatic heterocycles. The van der Waals surface area contributed by atoms with E-state index in [1.807, 2.05) is 22.8 Å². The molecule has 0 bridgehead atoms. The lowest BCUT2D eigenvalue weighted by Crippen LogP contribution is -2.00. The van der Waals surface area contributed by atoms with Gasteiger partial charge >= 0.3 is 0 Å². The van der Waals surface area contributed by atoms with E-state index in [0.717, 1.165) is 16.5 Å². The molecule has 0 fully saturated rings. The molecular formula is C15H14N6O3S2. The summed E-state index contributed by atoms with van der Waals surface area (Å²) in [5.74, 6) is 1.19. The lowest BCUT2D eigenvalue weighted by atomic mass is 10.1. The van der Waals surface area contributed by atoms with Gasteiger partial charge in [-0.1, -0.05) is 21.5 Å². The molecule has 26 heavy (non-hydrogen) atoms. The molecule has 0 unspecified atom stereocenters. The van der Waals surface area contributed by atoms with Gasteiger partial charge in [0.05, 0.1) is 32.4 Å². The highest BCUT2D eigenvalue weighted by Gasteiger charge is 2.23. The minimum Gasteiger partial charge on any atom is -0.497 e. The molecule has 3 heterocycles. The van der Waals surface area contributed by atoms with Crippen molar-refractivity contribution in [3.63, 3.8) is 0 Å². The van der Waals surface area contributed by atoms with Crippen LogP contribution in [0.15, 0.2) is 18.2 Å². The Morgan fingerprint density at radius 1 is 0.923 bits per heavy atom. The quantitative estimate of drug-likeness (QED) is 0.554. The SMILES string of the molecule is COc1ccc2c(c1)c(-c1nnc(OC)s1)c(N)n2-c1nnc(OC)s1. The number of nitrogens with zero attached hydrogens (tertiary/aromatic N) is 5. The second-order valence-corrected chi connectivity index (χ2v) is 6.97. The first-order chi connectivity index (χ1) is 12.7. The highest BCUT2D eigenvalue weighted by molar-refractivity contribution is 7.16. The second-order valence-electron chi connectivity index (χ2n) is 5.11. The normalized spacial score (nSPS) is 11.0. The third-order valence-electron chi connectivity index (χ3n) is 3.77. The van der Waals surface area contributed by atoms with Crippen LogP contribution in [0.25, 0.3) is 26.6 Å². The van der Waals surface area contributed by atoms with Crippen LogP contribution < -0.4 is 19.9 Å². The minimum atomic E-state index is 0.453. The number of aromatic nitrogens is 5. The van der Waals surface area contributed by atoms with Crippen molar-refractivity contribution < 1.29 is 14.2 Å². The molecule has 0 amide bonds. The van der Waals surface area contributed by atoms with Crippen molar-refractivity contribution in [2.24, 2.45) is 0 Å². The van der Waals surface area contributed by atoms with E-state index in [1.54, 1.807) is 21.3 Å². The summed E-state index contributed by atoms with van der Waals surface area (Å²) in [5, 5.41) is 19.4. The Labute approximate surface area is 156 Å². The van der Waals surface area contributed by atoms with Crippen LogP contribution in [0.4, 0.5) is 5.82 Å². The van der Waals surface area contributed by atoms with Crippen LogP contribution in [0.1, 0.15) is 0 Å². The highest BCUT2D eigenvalue weighted by Crippen LogP contribution is 2.43. The number of ether oxygens (including phenoxy) is 3. The number of fused-ring (bicyclic) bond motifs is 1. The zero-order valence-corrected chi connectivity index (χ0v) is 15.7. The van der Waals surface area contributed by atoms with E-state index < -0.39 is 0 Å². The molecule has 4 rings (SSSR count). The monoisotopic (exact) mass is 390 g/mol. The predicted molar refractivity (Wildman–Crippen MR) is 99.7 cm³/mol. The highest BCUT2D eigenvalue weighted by atomic mass is 32.1. The molecule has 0 spiro atoms. The first-order valence-electron chi connectivity index (χ1n) is 7.40. The smallest absolute Gasteiger partial charge is 0.295 e. The van der Waals surface area contributed by atoms with Gasteiger partial charge in [0.1, 0.15) is 11.6 Å². The number of methoxy groups -OCH3 is 3. The minimum absolute atomic E-state index is 0.453. The van der Waals surface area contributed by atoms with Gasteiger partial charge in [-0.25, -0.2) is 0 Å². The summed E-state index contributed by atoms with van der Waals surface area (Å²) in [7, 11) is 4.71. The largest absolute Gasteiger partial charge is 0.497 e. The number of rotatable bonds is 5. The van der Waals surface area contributed by atoms with Crippen LogP contribution in [0.5, 0.6) is 16.1 Å². The summed E-state index contributed by atoms with van der Waals surface area (Å²) in [5.41, 5.74) is 8.09. The van der Waals surface area contributed by atoms with Gasteiger partial charge in [0.2, 0.25) is 5.13 Å². The van der Waals surface area contributed by atoms with Gasteiger partial charge in [-0.05, 0) is 29.5 Å². The summed E-state index contributed by atoms with van der Waals surface area (Å²) in [6.07, 6.45) is 0. The van der Waals surface area contributed by atoms with Gasteiger partial charge < -0.3 is 19.9 Å². The van der Waals surface area contributed by atoms with Crippen molar-refractivity contribution in [3.8, 4) is 31.8 Å². The molecule has 2 N–H and O–H groups in total. The number of benzene rings is 1. The molecule has 1 aromatic carbocycles. The third kappa shape index (κ3) is 2.52. The summed E-state index contributed by atoms with van der Waals surface area (Å²) in [4.78, 5) is 0. The van der Waals surface area contributed by atoms with E-state index in [0.29, 0.717) is 32.1 Å². The zero-order chi connectivity index (χ0) is 18.3. The second kappa shape index (κ2) is 6.42. The maximum atomic E-state index is 6.49. The van der Waals surface area contributed by atoms with Gasteiger partial charge in [0, 0.05) is 5.39 Å². The number of hydrogen-bond acceptors (Lipinski definition) is 10. The number of anilines is 1. The molecular weight excluding hydrogens is 376 g/mol. The Kier molecular flexibility index (Phi) is 4.09. The van der Waals surface area contributed by atoms with Gasteiger partial charge in [-0.15, -0.1) is 10.2 Å². The van der Waals surface area contributed by atoms with Crippen LogP contribution in [-0.2, 0) is 0 Å². The number of nitrogen functional groups attached to an aromatic ring is 1. The first kappa shape index (κ1) is 16.5. The maximum absolute atomic E-state index is 6.49. The van der Waals surface area contributed by atoms with Crippen molar-refractivity contribution in [2.45, 2.75) is 0 Å². The van der Waals surface area contributed by atoms with Gasteiger partial charge in [0.25, 0.3) is 10.4 Å². The van der Waals surface area contributed by atoms with Crippen LogP contribution in [-0.4, -0.2) is 46.3 Å². The van der Waals surface area contributed by atoms with Crippen molar-refractivity contribution in [1.29, 1.82) is 0 Å². The molecule has 3 aromatic heterocycles. The Bertz CT molecular complexity index is 1090. The average Bonchev–Trinajstić information content (AvgIpc) is 3.37. The van der Waals surface area contributed by atoms with Crippen molar-refractivity contribution >= 4 is 39.4 Å². The fourth-order valence-electron chi connectivity index (χ4n) is 2.62. The molecule has 0 saturated carbocycles. The average molecular weight is 390 g/mol. The molecule has 0 aliphatic rings. The van der Waals surface area contributed by atoms with Gasteiger partial charge in [-0.2, -0.15) is 0 Å². The standard InChI is InChI=1S/C15H14N6O3S2/c1-22-7-4-5-9-8(6-7)10(12-17-19-14(23-2)25-12)11(16)21(9)13-18-20-15(24-3)26-13/h4-6H,16H2,1-3H3. The molecule has 4 aromatic rings. The number of nitrogens with two attached hydrogens (primary N) is 1. The maximum Gasteiger partial charge on any atom is 0.295 e. The van der Waals surface area contributed by atoms with Crippen LogP contribution >= 0.6 is 22.7 Å². The Morgan fingerprint density at radius 3 is 2.31 bits per heavy atom. The molecule has 9 nitrogen and oxygen atoms in total. The fourth-order valence-corrected chi connectivity index (χ4v) is 4.04. The van der Waals surface area contributed by atoms with Crippen molar-refractivity contribution in [2.75, 3.05) is 27.1 Å². The summed E-state index contributed by atoms with van der Waals surface area (Å²) in [6.45, 7) is 0. The fraction of sp³-hybridized carbons (Fsp3) is 0.200. The van der Waals surface area contributed by atoms with E-state index in [1.165, 1.54) is 22.7 Å². The molecule has 11 heteroatoms. The third-order valence-corrected chi connectivity index (χ3v) is 5.54. The van der Waals surface area contributed by atoms with Gasteiger partial charge in [0.15, 0.2) is 5.01 Å². The first-order valence-corrected chi connectivity index (χ1v) is 9.03. The molecule has 0 radical (unpaired) electrons. The zero-order valence-electron chi connectivity index (χ0n) is 14.1. The van der Waals surface area contributed by atoms with Crippen LogP contribution in [0, 0.1) is 0 Å². The summed E-state index contributed by atoms with van der Waals surface area (Å²) < 4.78 is 17.5. The van der Waals surface area contributed by atoms with Gasteiger partial charge in [-0.3, -0.25) is 4.57 Å². The summed E-state index contributed by atoms with van der Waals surface area (Å²) >= 11 is 2.60. The molecule has 0 atom stereocenters. The van der Waals surface area contributed by atoms with E-state index >= 15 is 0 Å². The molecule has 0 saturated heterocycles. The van der Waals surface area contributed by atoms with Crippen molar-refractivity contribution in [3.05, 3.63) is 18.2 Å². The topological polar surface area (TPSA) is 110 Å². The summed E-state index contributed by atoms with van der Waals surface area (Å²) in [6, 6.07) is 5.69. The van der Waals surface area contributed by atoms with E-state index in [2.05, 4.69) is 20.4 Å². The Morgan fingerprint density at radius 2 is 1.65 bits per heavy atom. The molecule has 134 valence electrons. The van der Waals surface area contributed by atoms with E-state index in [9.17, 15) is 0 Å². The van der Waals surface area contributed by atoms with E-state index in [-0.39, 0.29) is 0 Å².